The highest BCUT2D eigenvalue weighted by Crippen LogP contribution is 2.28. The lowest BCUT2D eigenvalue weighted by molar-refractivity contribution is 0.102. The van der Waals surface area contributed by atoms with Crippen LogP contribution in [0.25, 0.3) is 0 Å². The Hall–Kier alpha value is -1.71. The third-order valence-electron chi connectivity index (χ3n) is 3.42. The molecule has 23 heavy (non-hydrogen) atoms. The molecule has 3 rings (SSSR count). The predicted molar refractivity (Wildman–Crippen MR) is 89.7 cm³/mol. The Kier molecular flexibility index (Phi) is 4.51. The number of nitrogens with zero attached hydrogens (tertiary/aromatic N) is 3. The minimum atomic E-state index is -3.31. The van der Waals surface area contributed by atoms with Gasteiger partial charge in [-0.15, -0.1) is 10.2 Å². The fourth-order valence-electron chi connectivity index (χ4n) is 2.31. The van der Waals surface area contributed by atoms with E-state index in [4.69, 9.17) is 11.6 Å². The predicted octanol–water partition coefficient (Wildman–Crippen LogP) is 2.37. The number of nitrogens with one attached hydrogen (secondary N) is 1. The molecule has 1 aromatic carbocycles. The van der Waals surface area contributed by atoms with Crippen LogP contribution in [-0.4, -0.2) is 36.8 Å². The summed E-state index contributed by atoms with van der Waals surface area (Å²) in [5.41, 5.74) is 2.23. The monoisotopic (exact) mass is 372 g/mol. The second kappa shape index (κ2) is 6.42. The van der Waals surface area contributed by atoms with Gasteiger partial charge in [0.05, 0.1) is 22.0 Å². The van der Waals surface area contributed by atoms with Gasteiger partial charge in [0.15, 0.2) is 0 Å². The summed E-state index contributed by atoms with van der Waals surface area (Å²) in [7, 11) is -3.31. The summed E-state index contributed by atoms with van der Waals surface area (Å²) >= 11 is 7.35. The molecule has 2 aromatic rings. The Morgan fingerprint density at radius 3 is 2.83 bits per heavy atom. The van der Waals surface area contributed by atoms with Crippen LogP contribution >= 0.6 is 22.9 Å². The molecule has 0 unspecified atom stereocenters. The zero-order valence-electron chi connectivity index (χ0n) is 11.9. The van der Waals surface area contributed by atoms with Crippen LogP contribution in [0.3, 0.4) is 0 Å². The molecule has 1 fully saturated rings. The van der Waals surface area contributed by atoms with E-state index < -0.39 is 15.9 Å². The first-order valence-electron chi connectivity index (χ1n) is 6.85. The molecular formula is C13H13ClN4O3S2. The molecule has 10 heteroatoms. The van der Waals surface area contributed by atoms with Gasteiger partial charge in [-0.25, -0.2) is 8.42 Å². The lowest BCUT2D eigenvalue weighted by atomic mass is 10.2. The van der Waals surface area contributed by atoms with Crippen molar-refractivity contribution < 1.29 is 13.2 Å². The smallest absolute Gasteiger partial charge is 0.259 e. The van der Waals surface area contributed by atoms with E-state index >= 15 is 0 Å². The van der Waals surface area contributed by atoms with Crippen LogP contribution in [0.1, 0.15) is 23.2 Å². The van der Waals surface area contributed by atoms with Crippen molar-refractivity contribution in [3.63, 3.8) is 0 Å². The summed E-state index contributed by atoms with van der Waals surface area (Å²) in [6.07, 6.45) is 1.46. The standard InChI is InChI=1S/C13H13ClN4O3S2/c14-11-7-9(18-5-1-2-6-23(18,20)21)3-4-10(11)12(19)16-13-17-15-8-22-13/h3-4,7-8H,1-2,5-6H2,(H,16,17,19). The largest absolute Gasteiger partial charge is 0.296 e. The molecule has 1 saturated heterocycles. The van der Waals surface area contributed by atoms with E-state index in [-0.39, 0.29) is 16.3 Å². The first kappa shape index (κ1) is 16.2. The Morgan fingerprint density at radius 1 is 1.35 bits per heavy atom. The fraction of sp³-hybridized carbons (Fsp3) is 0.308. The number of carbonyl (C=O) groups excluding carboxylic acids is 1. The molecule has 0 atom stereocenters. The normalized spacial score (nSPS) is 17.0. The molecular weight excluding hydrogens is 360 g/mol. The number of anilines is 2. The molecule has 1 N–H and O–H groups in total. The minimum absolute atomic E-state index is 0.129. The van der Waals surface area contributed by atoms with E-state index in [1.807, 2.05) is 0 Å². The van der Waals surface area contributed by atoms with Crippen molar-refractivity contribution in [1.82, 2.24) is 10.2 Å². The Morgan fingerprint density at radius 2 is 2.17 bits per heavy atom. The Labute approximate surface area is 142 Å². The number of rotatable bonds is 3. The van der Waals surface area contributed by atoms with E-state index in [1.54, 1.807) is 6.07 Å². The van der Waals surface area contributed by atoms with Crippen LogP contribution in [0.4, 0.5) is 10.8 Å². The summed E-state index contributed by atoms with van der Waals surface area (Å²) in [4.78, 5) is 12.2. The van der Waals surface area contributed by atoms with Gasteiger partial charge in [-0.1, -0.05) is 22.9 Å². The van der Waals surface area contributed by atoms with Crippen molar-refractivity contribution in [2.24, 2.45) is 0 Å². The highest BCUT2D eigenvalue weighted by Gasteiger charge is 2.26. The van der Waals surface area contributed by atoms with Gasteiger partial charge < -0.3 is 0 Å². The maximum Gasteiger partial charge on any atom is 0.259 e. The van der Waals surface area contributed by atoms with Crippen LogP contribution in [0.15, 0.2) is 23.7 Å². The number of hydrogen-bond donors (Lipinski definition) is 1. The molecule has 1 aromatic heterocycles. The number of carbonyl (C=O) groups is 1. The summed E-state index contributed by atoms with van der Waals surface area (Å²) in [5, 5.41) is 10.5. The van der Waals surface area contributed by atoms with Crippen molar-refractivity contribution in [2.45, 2.75) is 12.8 Å². The van der Waals surface area contributed by atoms with Gasteiger partial charge in [-0.2, -0.15) is 0 Å². The van der Waals surface area contributed by atoms with Gasteiger partial charge >= 0.3 is 0 Å². The zero-order valence-corrected chi connectivity index (χ0v) is 14.3. The number of amides is 1. The van der Waals surface area contributed by atoms with Crippen LogP contribution < -0.4 is 9.62 Å². The second-order valence-electron chi connectivity index (χ2n) is 4.96. The Balaban J connectivity index is 1.84. The number of halogens is 1. The zero-order chi connectivity index (χ0) is 16.4. The highest BCUT2D eigenvalue weighted by atomic mass is 35.5. The minimum Gasteiger partial charge on any atom is -0.296 e. The van der Waals surface area contributed by atoms with Gasteiger partial charge in [0.1, 0.15) is 5.51 Å². The van der Waals surface area contributed by atoms with E-state index in [9.17, 15) is 13.2 Å². The first-order chi connectivity index (χ1) is 11.0. The SMILES string of the molecule is O=C(Nc1nncs1)c1ccc(N2CCCCS2(=O)=O)cc1Cl. The lowest BCUT2D eigenvalue weighted by Crippen LogP contribution is -2.37. The summed E-state index contributed by atoms with van der Waals surface area (Å²) < 4.78 is 25.6. The van der Waals surface area contributed by atoms with Crippen LogP contribution in [0.2, 0.25) is 5.02 Å². The van der Waals surface area contributed by atoms with E-state index in [0.29, 0.717) is 23.8 Å². The van der Waals surface area contributed by atoms with Crippen LogP contribution in [0, 0.1) is 0 Å². The van der Waals surface area contributed by atoms with Gasteiger partial charge in [-0.3, -0.25) is 14.4 Å². The molecule has 0 spiro atoms. The summed E-state index contributed by atoms with van der Waals surface area (Å²) in [6, 6.07) is 4.60. The number of hydrogen-bond acceptors (Lipinski definition) is 6. The number of aromatic nitrogens is 2. The van der Waals surface area contributed by atoms with Gasteiger partial charge in [-0.05, 0) is 31.0 Å². The first-order valence-corrected chi connectivity index (χ1v) is 9.71. The molecule has 2 heterocycles. The molecule has 0 saturated carbocycles. The molecule has 1 aliphatic rings. The summed E-state index contributed by atoms with van der Waals surface area (Å²) in [6.45, 7) is 0.426. The van der Waals surface area contributed by atoms with Crippen molar-refractivity contribution in [3.05, 3.63) is 34.3 Å². The van der Waals surface area contributed by atoms with E-state index in [1.165, 1.54) is 33.3 Å². The molecule has 122 valence electrons. The number of benzene rings is 1. The maximum absolute atomic E-state index is 12.2. The van der Waals surface area contributed by atoms with Crippen LogP contribution in [-0.2, 0) is 10.0 Å². The van der Waals surface area contributed by atoms with Gasteiger partial charge in [0.25, 0.3) is 5.91 Å². The molecule has 7 nitrogen and oxygen atoms in total. The van der Waals surface area contributed by atoms with Crippen LogP contribution in [0.5, 0.6) is 0 Å². The highest BCUT2D eigenvalue weighted by molar-refractivity contribution is 7.92. The topological polar surface area (TPSA) is 92.3 Å². The van der Waals surface area contributed by atoms with Crippen molar-refractivity contribution in [3.8, 4) is 0 Å². The average Bonchev–Trinajstić information content (AvgIpc) is 2.99. The van der Waals surface area contributed by atoms with Crippen molar-refractivity contribution >= 4 is 49.7 Å². The second-order valence-corrected chi connectivity index (χ2v) is 8.21. The number of sulfonamides is 1. The molecule has 1 amide bonds. The van der Waals surface area contributed by atoms with E-state index in [0.717, 1.165) is 6.42 Å². The Bertz CT molecular complexity index is 824. The fourth-order valence-corrected chi connectivity index (χ4v) is 4.65. The maximum atomic E-state index is 12.2. The quantitative estimate of drug-likeness (QED) is 0.892. The molecule has 0 aliphatic carbocycles. The molecule has 1 aliphatic heterocycles. The van der Waals surface area contributed by atoms with Crippen molar-refractivity contribution in [2.75, 3.05) is 21.9 Å². The van der Waals surface area contributed by atoms with Crippen molar-refractivity contribution in [1.29, 1.82) is 0 Å². The lowest BCUT2D eigenvalue weighted by Gasteiger charge is -2.28. The summed E-state index contributed by atoms with van der Waals surface area (Å²) in [5.74, 6) is -0.288. The van der Waals surface area contributed by atoms with E-state index in [2.05, 4.69) is 15.5 Å². The average molecular weight is 373 g/mol. The molecule has 0 radical (unpaired) electrons. The van der Waals surface area contributed by atoms with Gasteiger partial charge in [0, 0.05) is 6.54 Å². The van der Waals surface area contributed by atoms with Gasteiger partial charge in [0.2, 0.25) is 15.2 Å². The molecule has 0 bridgehead atoms. The third-order valence-corrected chi connectivity index (χ3v) is 6.20. The third kappa shape index (κ3) is 3.46.